The molecule has 1 aliphatic rings. The summed E-state index contributed by atoms with van der Waals surface area (Å²) in [5, 5.41) is 0. The Morgan fingerprint density at radius 3 is 2.17 bits per heavy atom. The van der Waals surface area contributed by atoms with Crippen LogP contribution in [0.25, 0.3) is 0 Å². The van der Waals surface area contributed by atoms with Crippen LogP contribution in [-0.2, 0) is 4.79 Å². The Kier molecular flexibility index (Phi) is 2.80. The lowest BCUT2D eigenvalue weighted by molar-refractivity contribution is -0.125. The monoisotopic (exact) mass is 247 g/mol. The Hall–Kier alpha value is 0.690. The summed E-state index contributed by atoms with van der Waals surface area (Å²) in [5.41, 5.74) is 0. The lowest BCUT2D eigenvalue weighted by Crippen LogP contribution is -2.39. The summed E-state index contributed by atoms with van der Waals surface area (Å²) < 4.78 is -1.07. The van der Waals surface area contributed by atoms with Gasteiger partial charge in [0.05, 0.1) is 0 Å². The van der Waals surface area contributed by atoms with Crippen molar-refractivity contribution >= 4 is 52.7 Å². The number of alkyl halides is 3. The molecule has 0 aromatic heterocycles. The van der Waals surface area contributed by atoms with Crippen molar-refractivity contribution in [3.8, 4) is 0 Å². The highest BCUT2D eigenvalue weighted by molar-refractivity contribution is 8.01. The Morgan fingerprint density at radius 1 is 1.50 bits per heavy atom. The van der Waals surface area contributed by atoms with Crippen molar-refractivity contribution in [1.82, 2.24) is 4.31 Å². The molecule has 1 saturated heterocycles. The highest BCUT2D eigenvalue weighted by atomic mass is 35.5. The molecule has 0 saturated carbocycles. The third kappa shape index (κ3) is 1.31. The molecule has 6 heteroatoms. The minimum atomic E-state index is -1.51. The van der Waals surface area contributed by atoms with Crippen LogP contribution in [0.15, 0.2) is 0 Å². The van der Waals surface area contributed by atoms with Gasteiger partial charge in [-0.25, -0.2) is 0 Å². The van der Waals surface area contributed by atoms with Crippen LogP contribution < -0.4 is 0 Å². The number of carbonyl (C=O) groups excluding carboxylic acids is 1. The third-order valence-electron chi connectivity index (χ3n) is 1.76. The van der Waals surface area contributed by atoms with Crippen molar-refractivity contribution in [3.63, 3.8) is 0 Å². The molecular formula is C6H8Cl3NOS. The van der Waals surface area contributed by atoms with E-state index in [1.165, 1.54) is 16.3 Å². The summed E-state index contributed by atoms with van der Waals surface area (Å²) in [5.74, 6) is -0.354. The molecule has 1 unspecified atom stereocenters. The molecule has 2 nitrogen and oxygen atoms in total. The van der Waals surface area contributed by atoms with Gasteiger partial charge in [0.15, 0.2) is 4.21 Å². The van der Waals surface area contributed by atoms with Crippen molar-refractivity contribution < 1.29 is 4.79 Å². The van der Waals surface area contributed by atoms with Crippen LogP contribution in [0.3, 0.4) is 0 Å². The van der Waals surface area contributed by atoms with Gasteiger partial charge in [0.2, 0.25) is 4.33 Å². The van der Waals surface area contributed by atoms with Gasteiger partial charge in [-0.1, -0.05) is 30.1 Å². The van der Waals surface area contributed by atoms with E-state index in [4.69, 9.17) is 34.8 Å². The van der Waals surface area contributed by atoms with E-state index in [1.54, 1.807) is 7.05 Å². The van der Waals surface area contributed by atoms with Crippen molar-refractivity contribution in [1.29, 1.82) is 0 Å². The zero-order valence-corrected chi connectivity index (χ0v) is 9.69. The Bertz CT molecular complexity index is 223. The van der Waals surface area contributed by atoms with Crippen molar-refractivity contribution in [2.45, 2.75) is 21.9 Å². The fourth-order valence-electron chi connectivity index (χ4n) is 0.960. The second-order valence-corrected chi connectivity index (χ2v) is 6.17. The number of halogens is 3. The molecule has 1 fully saturated rings. The summed E-state index contributed by atoms with van der Waals surface area (Å²) in [6.45, 7) is 1.84. The van der Waals surface area contributed by atoms with Gasteiger partial charge in [-0.2, -0.15) is 0 Å². The maximum atomic E-state index is 11.4. The van der Waals surface area contributed by atoms with Gasteiger partial charge >= 0.3 is 0 Å². The van der Waals surface area contributed by atoms with Crippen molar-refractivity contribution in [2.24, 2.45) is 0 Å². The fourth-order valence-corrected chi connectivity index (χ4v) is 3.16. The first-order chi connectivity index (χ1) is 5.35. The second kappa shape index (κ2) is 3.12. The molecule has 1 aliphatic heterocycles. The molecule has 0 spiro atoms. The van der Waals surface area contributed by atoms with E-state index < -0.39 is 8.54 Å². The first-order valence-electron chi connectivity index (χ1n) is 3.39. The fraction of sp³-hybridized carbons (Fsp3) is 0.833. The Labute approximate surface area is 90.6 Å². The largest absolute Gasteiger partial charge is 0.285 e. The number of carbonyl (C=O) groups is 1. The quantitative estimate of drug-likeness (QED) is 0.525. The molecule has 1 rings (SSSR count). The summed E-state index contributed by atoms with van der Waals surface area (Å²) in [6.07, 6.45) is 0.530. The summed E-state index contributed by atoms with van der Waals surface area (Å²) in [6, 6.07) is 0. The molecule has 1 atom stereocenters. The standard InChI is InChI=1S/C6H8Cl3NOS/c1-3-5(7)6(8,9)4(11)10(2)12-5/h3H2,1-2H3. The Balaban J connectivity index is 3.02. The molecule has 0 aliphatic carbocycles. The van der Waals surface area contributed by atoms with E-state index in [-0.39, 0.29) is 5.91 Å². The van der Waals surface area contributed by atoms with E-state index in [2.05, 4.69) is 0 Å². The summed E-state index contributed by atoms with van der Waals surface area (Å²) >= 11 is 18.9. The van der Waals surface area contributed by atoms with Crippen LogP contribution in [0.5, 0.6) is 0 Å². The molecule has 70 valence electrons. The van der Waals surface area contributed by atoms with Gasteiger partial charge in [0.25, 0.3) is 5.91 Å². The van der Waals surface area contributed by atoms with Gasteiger partial charge < -0.3 is 0 Å². The van der Waals surface area contributed by atoms with E-state index in [9.17, 15) is 4.79 Å². The number of rotatable bonds is 1. The second-order valence-electron chi connectivity index (χ2n) is 2.55. The predicted octanol–water partition coefficient (Wildman–Crippen LogP) is 2.63. The minimum absolute atomic E-state index is 0.354. The number of hydrogen-bond acceptors (Lipinski definition) is 2. The molecule has 0 aromatic carbocycles. The number of hydrogen-bond donors (Lipinski definition) is 0. The van der Waals surface area contributed by atoms with Crippen molar-refractivity contribution in [2.75, 3.05) is 7.05 Å². The zero-order valence-electron chi connectivity index (χ0n) is 6.60. The lowest BCUT2D eigenvalue weighted by atomic mass is 10.2. The van der Waals surface area contributed by atoms with Crippen LogP contribution in [0.2, 0.25) is 0 Å². The normalized spacial score (nSPS) is 34.4. The summed E-state index contributed by atoms with van der Waals surface area (Å²) in [4.78, 5) is 11.4. The van der Waals surface area contributed by atoms with Gasteiger partial charge in [-0.3, -0.25) is 9.10 Å². The molecule has 12 heavy (non-hydrogen) atoms. The molecule has 0 aromatic rings. The van der Waals surface area contributed by atoms with Gasteiger partial charge in [0, 0.05) is 7.05 Å². The highest BCUT2D eigenvalue weighted by Gasteiger charge is 2.61. The van der Waals surface area contributed by atoms with Gasteiger partial charge in [-0.05, 0) is 18.4 Å². The van der Waals surface area contributed by atoms with Crippen LogP contribution in [0, 0.1) is 0 Å². The summed E-state index contributed by atoms with van der Waals surface area (Å²) in [7, 11) is 1.60. The SMILES string of the molecule is CCC1(Cl)SN(C)C(=O)C1(Cl)Cl. The van der Waals surface area contributed by atoms with E-state index in [0.29, 0.717) is 6.42 Å². The topological polar surface area (TPSA) is 20.3 Å². The maximum Gasteiger partial charge on any atom is 0.271 e. The first kappa shape index (κ1) is 10.8. The minimum Gasteiger partial charge on any atom is -0.285 e. The van der Waals surface area contributed by atoms with Crippen LogP contribution in [-0.4, -0.2) is 25.8 Å². The highest BCUT2D eigenvalue weighted by Crippen LogP contribution is 2.56. The molecule has 0 N–H and O–H groups in total. The molecule has 0 radical (unpaired) electrons. The molecule has 1 heterocycles. The predicted molar refractivity (Wildman–Crippen MR) is 53.7 cm³/mol. The van der Waals surface area contributed by atoms with Crippen LogP contribution in [0.4, 0.5) is 0 Å². The smallest absolute Gasteiger partial charge is 0.271 e. The van der Waals surface area contributed by atoms with E-state index in [1.807, 2.05) is 6.92 Å². The van der Waals surface area contributed by atoms with Gasteiger partial charge in [-0.15, -0.1) is 11.6 Å². The third-order valence-corrected chi connectivity index (χ3v) is 5.23. The van der Waals surface area contributed by atoms with Crippen LogP contribution in [0.1, 0.15) is 13.3 Å². The maximum absolute atomic E-state index is 11.4. The molecule has 1 amide bonds. The average molecular weight is 249 g/mol. The zero-order chi connectivity index (χ0) is 9.57. The molecule has 0 bridgehead atoms. The van der Waals surface area contributed by atoms with E-state index >= 15 is 0 Å². The van der Waals surface area contributed by atoms with Crippen LogP contribution >= 0.6 is 46.8 Å². The first-order valence-corrected chi connectivity index (χ1v) is 5.30. The van der Waals surface area contributed by atoms with Crippen molar-refractivity contribution in [3.05, 3.63) is 0 Å². The number of nitrogens with zero attached hydrogens (tertiary/aromatic N) is 1. The van der Waals surface area contributed by atoms with E-state index in [0.717, 1.165) is 0 Å². The Morgan fingerprint density at radius 2 is 2.00 bits per heavy atom. The number of amides is 1. The molecular weight excluding hydrogens is 240 g/mol. The average Bonchev–Trinajstić information content (AvgIpc) is 2.14. The van der Waals surface area contributed by atoms with Gasteiger partial charge in [0.1, 0.15) is 0 Å². The lowest BCUT2D eigenvalue weighted by Gasteiger charge is -2.24.